The first-order valence-electron chi connectivity index (χ1n) is 11.7. The molecule has 0 saturated carbocycles. The average Bonchev–Trinajstić information content (AvgIpc) is 3.11. The van der Waals surface area contributed by atoms with Crippen molar-refractivity contribution in [1.82, 2.24) is 20.1 Å². The number of likely N-dealkylation sites (tertiary alicyclic amines) is 2. The van der Waals surface area contributed by atoms with Crippen molar-refractivity contribution in [1.29, 1.82) is 0 Å². The standard InChI is InChI=1S/C24H40N4O2/c1-18(2)14-28-15-20(17-30-23-8-7-19(3)26-13-23)12-21(16-28)24(29)25-10-9-22-6-5-11-27(22)4/h7-8,13,18,20-22H,5-6,9-12,14-17H2,1-4H3,(H,25,29)/t20-,21+,22+/m0/s1. The summed E-state index contributed by atoms with van der Waals surface area (Å²) in [6, 6.07) is 4.57. The van der Waals surface area contributed by atoms with Gasteiger partial charge in [-0.3, -0.25) is 9.78 Å². The van der Waals surface area contributed by atoms with Crippen LogP contribution in [-0.4, -0.2) is 73.1 Å². The average molecular weight is 417 g/mol. The first-order chi connectivity index (χ1) is 14.4. The molecule has 1 aromatic rings. The summed E-state index contributed by atoms with van der Waals surface area (Å²) < 4.78 is 6.02. The lowest BCUT2D eigenvalue weighted by Gasteiger charge is -2.38. The Hall–Kier alpha value is -1.66. The van der Waals surface area contributed by atoms with Crippen LogP contribution < -0.4 is 10.1 Å². The Morgan fingerprint density at radius 1 is 1.33 bits per heavy atom. The number of piperidine rings is 1. The summed E-state index contributed by atoms with van der Waals surface area (Å²) in [4.78, 5) is 22.1. The van der Waals surface area contributed by atoms with Crippen LogP contribution in [0.1, 0.15) is 45.2 Å². The van der Waals surface area contributed by atoms with Crippen LogP contribution in [0.25, 0.3) is 0 Å². The number of pyridine rings is 1. The lowest BCUT2D eigenvalue weighted by Crippen LogP contribution is -2.49. The maximum absolute atomic E-state index is 12.9. The van der Waals surface area contributed by atoms with Gasteiger partial charge in [-0.1, -0.05) is 13.8 Å². The monoisotopic (exact) mass is 416 g/mol. The maximum atomic E-state index is 12.9. The molecule has 168 valence electrons. The Morgan fingerprint density at radius 3 is 2.83 bits per heavy atom. The van der Waals surface area contributed by atoms with Crippen molar-refractivity contribution in [3.8, 4) is 5.75 Å². The van der Waals surface area contributed by atoms with Crippen LogP contribution in [-0.2, 0) is 4.79 Å². The van der Waals surface area contributed by atoms with Crippen LogP contribution in [0.4, 0.5) is 0 Å². The van der Waals surface area contributed by atoms with E-state index in [0.29, 0.717) is 24.5 Å². The van der Waals surface area contributed by atoms with Crippen molar-refractivity contribution in [3.05, 3.63) is 24.0 Å². The molecule has 1 amide bonds. The fraction of sp³-hybridized carbons (Fsp3) is 0.750. The molecule has 3 heterocycles. The summed E-state index contributed by atoms with van der Waals surface area (Å²) in [5.74, 6) is 2.01. The normalized spacial score (nSPS) is 25.6. The molecule has 1 N–H and O–H groups in total. The van der Waals surface area contributed by atoms with E-state index >= 15 is 0 Å². The zero-order valence-corrected chi connectivity index (χ0v) is 19.3. The molecule has 6 heteroatoms. The second-order valence-electron chi connectivity index (χ2n) is 9.71. The van der Waals surface area contributed by atoms with Crippen molar-refractivity contribution in [2.45, 2.75) is 52.5 Å². The number of aromatic nitrogens is 1. The Bertz CT molecular complexity index is 664. The van der Waals surface area contributed by atoms with Gasteiger partial charge in [0.05, 0.1) is 18.7 Å². The number of rotatable bonds is 9. The van der Waals surface area contributed by atoms with Crippen molar-refractivity contribution in [2.24, 2.45) is 17.8 Å². The van der Waals surface area contributed by atoms with Gasteiger partial charge in [0.25, 0.3) is 0 Å². The molecule has 6 nitrogen and oxygen atoms in total. The third-order valence-corrected chi connectivity index (χ3v) is 6.43. The van der Waals surface area contributed by atoms with Crippen LogP contribution in [0.2, 0.25) is 0 Å². The van der Waals surface area contributed by atoms with Gasteiger partial charge in [0.15, 0.2) is 0 Å². The van der Waals surface area contributed by atoms with Gasteiger partial charge in [-0.2, -0.15) is 0 Å². The fourth-order valence-corrected chi connectivity index (χ4v) is 4.88. The quantitative estimate of drug-likeness (QED) is 0.671. The van der Waals surface area contributed by atoms with Crippen LogP contribution in [0.3, 0.4) is 0 Å². The molecule has 0 aromatic carbocycles. The Morgan fingerprint density at radius 2 is 2.17 bits per heavy atom. The molecule has 0 bridgehead atoms. The van der Waals surface area contributed by atoms with E-state index in [0.717, 1.165) is 50.5 Å². The third kappa shape index (κ3) is 6.95. The summed E-state index contributed by atoms with van der Waals surface area (Å²) in [6.07, 6.45) is 6.26. The van der Waals surface area contributed by atoms with Gasteiger partial charge in [0.2, 0.25) is 5.91 Å². The van der Waals surface area contributed by atoms with E-state index in [1.54, 1.807) is 6.20 Å². The van der Waals surface area contributed by atoms with Gasteiger partial charge in [-0.15, -0.1) is 0 Å². The highest BCUT2D eigenvalue weighted by Crippen LogP contribution is 2.24. The van der Waals surface area contributed by atoms with Crippen molar-refractivity contribution < 1.29 is 9.53 Å². The Labute approximate surface area is 182 Å². The smallest absolute Gasteiger partial charge is 0.224 e. The molecule has 0 unspecified atom stereocenters. The van der Waals surface area contributed by atoms with Gasteiger partial charge < -0.3 is 19.9 Å². The zero-order valence-electron chi connectivity index (χ0n) is 19.3. The van der Waals surface area contributed by atoms with E-state index in [2.05, 4.69) is 41.0 Å². The number of aryl methyl sites for hydroxylation is 1. The highest BCUT2D eigenvalue weighted by atomic mass is 16.5. The molecular formula is C24H40N4O2. The molecule has 2 aliphatic rings. The van der Waals surface area contributed by atoms with E-state index in [4.69, 9.17) is 4.74 Å². The highest BCUT2D eigenvalue weighted by Gasteiger charge is 2.32. The Balaban J connectivity index is 1.51. The Kier molecular flexibility index (Phi) is 8.51. The number of carbonyl (C=O) groups is 1. The summed E-state index contributed by atoms with van der Waals surface area (Å²) in [7, 11) is 2.19. The number of hydrogen-bond donors (Lipinski definition) is 1. The molecule has 2 fully saturated rings. The number of ether oxygens (including phenoxy) is 1. The summed E-state index contributed by atoms with van der Waals surface area (Å²) in [5.41, 5.74) is 0.989. The van der Waals surface area contributed by atoms with Gasteiger partial charge in [0, 0.05) is 43.8 Å². The topological polar surface area (TPSA) is 57.7 Å². The number of carbonyl (C=O) groups excluding carboxylic acids is 1. The minimum absolute atomic E-state index is 0.0450. The van der Waals surface area contributed by atoms with Crippen LogP contribution in [0.15, 0.2) is 18.3 Å². The second-order valence-corrected chi connectivity index (χ2v) is 9.71. The fourth-order valence-electron chi connectivity index (χ4n) is 4.88. The van der Waals surface area contributed by atoms with Crippen LogP contribution >= 0.6 is 0 Å². The molecule has 2 saturated heterocycles. The molecule has 0 aliphatic carbocycles. The van der Waals surface area contributed by atoms with Crippen LogP contribution in [0, 0.1) is 24.7 Å². The van der Waals surface area contributed by atoms with E-state index in [9.17, 15) is 4.79 Å². The van der Waals surface area contributed by atoms with E-state index in [-0.39, 0.29) is 11.8 Å². The maximum Gasteiger partial charge on any atom is 0.224 e. The van der Waals surface area contributed by atoms with Gasteiger partial charge in [-0.05, 0) is 64.3 Å². The molecule has 3 rings (SSSR count). The van der Waals surface area contributed by atoms with Gasteiger partial charge in [0.1, 0.15) is 5.75 Å². The van der Waals surface area contributed by atoms with Crippen LogP contribution in [0.5, 0.6) is 5.75 Å². The van der Waals surface area contributed by atoms with Crippen molar-refractivity contribution in [3.63, 3.8) is 0 Å². The number of hydrogen-bond acceptors (Lipinski definition) is 5. The first kappa shape index (κ1) is 23.0. The summed E-state index contributed by atoms with van der Waals surface area (Å²) in [6.45, 7) is 11.9. The number of amides is 1. The molecule has 30 heavy (non-hydrogen) atoms. The molecular weight excluding hydrogens is 376 g/mol. The second kappa shape index (κ2) is 11.1. The number of nitrogens with zero attached hydrogens (tertiary/aromatic N) is 3. The van der Waals surface area contributed by atoms with E-state index in [1.165, 1.54) is 19.4 Å². The third-order valence-electron chi connectivity index (χ3n) is 6.43. The van der Waals surface area contributed by atoms with Crippen molar-refractivity contribution in [2.75, 3.05) is 46.4 Å². The molecule has 2 aliphatic heterocycles. The van der Waals surface area contributed by atoms with Gasteiger partial charge in [-0.25, -0.2) is 0 Å². The highest BCUT2D eigenvalue weighted by molar-refractivity contribution is 5.79. The molecule has 0 radical (unpaired) electrons. The van der Waals surface area contributed by atoms with Crippen molar-refractivity contribution >= 4 is 5.91 Å². The van der Waals surface area contributed by atoms with E-state index < -0.39 is 0 Å². The SMILES string of the molecule is Cc1ccc(OC[C@H]2C[C@@H](C(=O)NCC[C@H]3CCCN3C)CN(CC(C)C)C2)cn1. The molecule has 3 atom stereocenters. The largest absolute Gasteiger partial charge is 0.492 e. The van der Waals surface area contributed by atoms with Gasteiger partial charge >= 0.3 is 0 Å². The first-order valence-corrected chi connectivity index (χ1v) is 11.7. The minimum atomic E-state index is 0.0450. The summed E-state index contributed by atoms with van der Waals surface area (Å²) >= 11 is 0. The molecule has 1 aromatic heterocycles. The predicted octanol–water partition coefficient (Wildman–Crippen LogP) is 2.96. The lowest BCUT2D eigenvalue weighted by atomic mass is 9.88. The molecule has 0 spiro atoms. The number of nitrogens with one attached hydrogen (secondary N) is 1. The lowest BCUT2D eigenvalue weighted by molar-refractivity contribution is -0.127. The zero-order chi connectivity index (χ0) is 21.5. The summed E-state index contributed by atoms with van der Waals surface area (Å²) in [5, 5.41) is 3.23. The van der Waals surface area contributed by atoms with E-state index in [1.807, 2.05) is 19.1 Å². The predicted molar refractivity (Wildman–Crippen MR) is 121 cm³/mol. The minimum Gasteiger partial charge on any atom is -0.492 e.